The van der Waals surface area contributed by atoms with Gasteiger partial charge in [-0.2, -0.15) is 13.2 Å². The fourth-order valence-electron chi connectivity index (χ4n) is 5.25. The van der Waals surface area contributed by atoms with E-state index >= 15 is 0 Å². The molecule has 0 bridgehead atoms. The monoisotopic (exact) mass is 482 g/mol. The lowest BCUT2D eigenvalue weighted by molar-refractivity contribution is -0.203. The molecular formula is C24H30F4N4O2. The molecule has 1 aliphatic carbocycles. The molecule has 2 heterocycles. The Morgan fingerprint density at radius 2 is 1.97 bits per heavy atom. The van der Waals surface area contributed by atoms with Crippen molar-refractivity contribution in [2.75, 3.05) is 19.6 Å². The number of aryl methyl sites for hydroxylation is 1. The SMILES string of the molecule is CCC(=O)N1CCN([C@@H]2CCC[C@@H](NC(=O)c3cc4c(F)ccc(C)c4[nH]3)C2)C[C@@H]1C(F)(F)F. The Morgan fingerprint density at radius 1 is 1.21 bits per heavy atom. The Labute approximate surface area is 195 Å². The van der Waals surface area contributed by atoms with Crippen LogP contribution in [0.1, 0.15) is 55.1 Å². The van der Waals surface area contributed by atoms with Gasteiger partial charge in [0, 0.05) is 43.5 Å². The van der Waals surface area contributed by atoms with Crippen molar-refractivity contribution in [1.29, 1.82) is 0 Å². The van der Waals surface area contributed by atoms with Gasteiger partial charge in [0.1, 0.15) is 17.6 Å². The molecule has 2 aliphatic rings. The largest absolute Gasteiger partial charge is 0.410 e. The second-order valence-electron chi connectivity index (χ2n) is 9.32. The van der Waals surface area contributed by atoms with E-state index in [9.17, 15) is 27.2 Å². The highest BCUT2D eigenvalue weighted by molar-refractivity contribution is 5.99. The van der Waals surface area contributed by atoms with Crippen LogP contribution < -0.4 is 5.32 Å². The molecule has 2 N–H and O–H groups in total. The highest BCUT2D eigenvalue weighted by atomic mass is 19.4. The van der Waals surface area contributed by atoms with E-state index in [4.69, 9.17) is 0 Å². The first-order valence-corrected chi connectivity index (χ1v) is 11.8. The van der Waals surface area contributed by atoms with Gasteiger partial charge in [0.25, 0.3) is 5.91 Å². The molecule has 2 aromatic rings. The number of aromatic amines is 1. The van der Waals surface area contributed by atoms with Crippen LogP contribution in [0.3, 0.4) is 0 Å². The van der Waals surface area contributed by atoms with Gasteiger partial charge in [0.05, 0.1) is 5.52 Å². The van der Waals surface area contributed by atoms with Crippen molar-refractivity contribution >= 4 is 22.7 Å². The van der Waals surface area contributed by atoms with Crippen LogP contribution in [0.2, 0.25) is 0 Å². The Bertz CT molecular complexity index is 1030. The number of benzene rings is 1. The van der Waals surface area contributed by atoms with Gasteiger partial charge >= 0.3 is 6.18 Å². The van der Waals surface area contributed by atoms with Gasteiger partial charge in [-0.1, -0.05) is 13.0 Å². The van der Waals surface area contributed by atoms with E-state index in [0.29, 0.717) is 23.9 Å². The van der Waals surface area contributed by atoms with E-state index in [1.165, 1.54) is 12.1 Å². The quantitative estimate of drug-likeness (QED) is 0.644. The Morgan fingerprint density at radius 3 is 2.65 bits per heavy atom. The minimum absolute atomic E-state index is 0.0429. The Kier molecular flexibility index (Phi) is 6.89. The van der Waals surface area contributed by atoms with E-state index in [1.54, 1.807) is 13.0 Å². The number of amides is 2. The maximum atomic E-state index is 14.1. The maximum Gasteiger partial charge on any atom is 0.410 e. The van der Waals surface area contributed by atoms with Crippen molar-refractivity contribution < 1.29 is 27.2 Å². The molecule has 10 heteroatoms. The number of hydrogen-bond acceptors (Lipinski definition) is 3. The van der Waals surface area contributed by atoms with E-state index in [0.717, 1.165) is 29.7 Å². The van der Waals surface area contributed by atoms with Crippen LogP contribution in [0.5, 0.6) is 0 Å². The van der Waals surface area contributed by atoms with E-state index in [2.05, 4.69) is 10.3 Å². The Hall–Kier alpha value is -2.62. The molecule has 2 amide bonds. The van der Waals surface area contributed by atoms with Gasteiger partial charge in [0.2, 0.25) is 5.91 Å². The summed E-state index contributed by atoms with van der Waals surface area (Å²) in [7, 11) is 0. The van der Waals surface area contributed by atoms with E-state index in [-0.39, 0.29) is 43.2 Å². The first-order valence-electron chi connectivity index (χ1n) is 11.8. The van der Waals surface area contributed by atoms with Crippen molar-refractivity contribution in [3.63, 3.8) is 0 Å². The first kappa shape index (κ1) is 24.5. The zero-order valence-corrected chi connectivity index (χ0v) is 19.3. The third-order valence-electron chi connectivity index (χ3n) is 7.10. The Balaban J connectivity index is 1.42. The fraction of sp³-hybridized carbons (Fsp3) is 0.583. The molecule has 1 saturated carbocycles. The number of H-pyrrole nitrogens is 1. The molecular weight excluding hydrogens is 452 g/mol. The topological polar surface area (TPSA) is 68.4 Å². The predicted octanol–water partition coefficient (Wildman–Crippen LogP) is 4.14. The number of rotatable bonds is 4. The first-order chi connectivity index (χ1) is 16.1. The smallest absolute Gasteiger partial charge is 0.350 e. The van der Waals surface area contributed by atoms with Crippen LogP contribution >= 0.6 is 0 Å². The molecule has 2 fully saturated rings. The van der Waals surface area contributed by atoms with Gasteiger partial charge < -0.3 is 15.2 Å². The predicted molar refractivity (Wildman–Crippen MR) is 120 cm³/mol. The summed E-state index contributed by atoms with van der Waals surface area (Å²) in [6.07, 6.45) is -1.66. The summed E-state index contributed by atoms with van der Waals surface area (Å²) in [6.45, 7) is 3.57. The molecule has 6 nitrogen and oxygen atoms in total. The summed E-state index contributed by atoms with van der Waals surface area (Å²) in [5.74, 6) is -1.25. The van der Waals surface area contributed by atoms with Gasteiger partial charge in [-0.15, -0.1) is 0 Å². The minimum Gasteiger partial charge on any atom is -0.350 e. The highest BCUT2D eigenvalue weighted by Gasteiger charge is 2.49. The lowest BCUT2D eigenvalue weighted by atomic mass is 9.89. The molecule has 0 radical (unpaired) electrons. The maximum absolute atomic E-state index is 14.1. The molecule has 1 aliphatic heterocycles. The molecule has 186 valence electrons. The number of alkyl halides is 3. The van der Waals surface area contributed by atoms with Crippen LogP contribution in [0.15, 0.2) is 18.2 Å². The number of piperazine rings is 1. The number of hydrogen-bond donors (Lipinski definition) is 2. The van der Waals surface area contributed by atoms with Crippen molar-refractivity contribution in [3.8, 4) is 0 Å². The normalized spacial score (nSPS) is 24.4. The zero-order valence-electron chi connectivity index (χ0n) is 19.3. The molecule has 0 unspecified atom stereocenters. The van der Waals surface area contributed by atoms with Crippen LogP contribution in [-0.4, -0.2) is 70.5 Å². The number of nitrogens with one attached hydrogen (secondary N) is 2. The van der Waals surface area contributed by atoms with Gasteiger partial charge in [-0.05, 0) is 50.3 Å². The van der Waals surface area contributed by atoms with E-state index in [1.807, 2.05) is 11.8 Å². The fourth-order valence-corrected chi connectivity index (χ4v) is 5.25. The van der Waals surface area contributed by atoms with Gasteiger partial charge in [-0.25, -0.2) is 4.39 Å². The summed E-state index contributed by atoms with van der Waals surface area (Å²) in [4.78, 5) is 30.7. The summed E-state index contributed by atoms with van der Waals surface area (Å²) in [5.41, 5.74) is 1.66. The number of carbonyl (C=O) groups is 2. The molecule has 1 aromatic heterocycles. The second-order valence-corrected chi connectivity index (χ2v) is 9.32. The van der Waals surface area contributed by atoms with Crippen LogP contribution in [0, 0.1) is 12.7 Å². The van der Waals surface area contributed by atoms with Crippen molar-refractivity contribution in [2.24, 2.45) is 0 Å². The summed E-state index contributed by atoms with van der Waals surface area (Å²) >= 11 is 0. The zero-order chi connectivity index (χ0) is 24.6. The summed E-state index contributed by atoms with van der Waals surface area (Å²) < 4.78 is 55.2. The summed E-state index contributed by atoms with van der Waals surface area (Å²) in [6, 6.07) is 2.39. The van der Waals surface area contributed by atoms with Crippen molar-refractivity contribution in [1.82, 2.24) is 20.1 Å². The highest BCUT2D eigenvalue weighted by Crippen LogP contribution is 2.32. The van der Waals surface area contributed by atoms with Crippen LogP contribution in [0.25, 0.3) is 10.9 Å². The summed E-state index contributed by atoms with van der Waals surface area (Å²) in [5, 5.41) is 3.33. The second kappa shape index (κ2) is 9.56. The average molecular weight is 483 g/mol. The number of aromatic nitrogens is 1. The minimum atomic E-state index is -4.49. The lowest BCUT2D eigenvalue weighted by Crippen LogP contribution is -2.63. The standard InChI is InChI=1S/C24H30F4N4O2/c1-3-21(33)32-10-9-31(13-20(32)24(26,27)28)16-6-4-5-15(11-16)29-23(34)19-12-17-18(25)8-7-14(2)22(17)30-19/h7-8,12,15-16,20,30H,3-6,9-11,13H2,1-2H3,(H,29,34)/t15-,16-,20-/m1/s1. The third-order valence-corrected chi connectivity index (χ3v) is 7.10. The average Bonchev–Trinajstić information content (AvgIpc) is 3.27. The lowest BCUT2D eigenvalue weighted by Gasteiger charge is -2.46. The van der Waals surface area contributed by atoms with Crippen LogP contribution in [-0.2, 0) is 4.79 Å². The number of nitrogens with zero attached hydrogens (tertiary/aromatic N) is 2. The van der Waals surface area contributed by atoms with Crippen molar-refractivity contribution in [2.45, 2.75) is 70.3 Å². The molecule has 1 saturated heterocycles. The van der Waals surface area contributed by atoms with Crippen molar-refractivity contribution in [3.05, 3.63) is 35.3 Å². The molecule has 4 rings (SSSR count). The molecule has 34 heavy (non-hydrogen) atoms. The van der Waals surface area contributed by atoms with Crippen LogP contribution in [0.4, 0.5) is 17.6 Å². The third kappa shape index (κ3) is 4.92. The van der Waals surface area contributed by atoms with Gasteiger partial charge in [0.15, 0.2) is 0 Å². The number of halogens is 4. The number of fused-ring (bicyclic) bond motifs is 1. The molecule has 3 atom stereocenters. The van der Waals surface area contributed by atoms with E-state index < -0.39 is 23.9 Å². The van der Waals surface area contributed by atoms with Gasteiger partial charge in [-0.3, -0.25) is 14.5 Å². The molecule has 1 aromatic carbocycles. The molecule has 0 spiro atoms. The number of carbonyl (C=O) groups excluding carboxylic acids is 2.